The molecule has 0 unspecified atom stereocenters. The molecule has 0 atom stereocenters. The summed E-state index contributed by atoms with van der Waals surface area (Å²) >= 11 is 5.70. The lowest BCUT2D eigenvalue weighted by molar-refractivity contribution is -0.110. The van der Waals surface area contributed by atoms with Crippen LogP contribution in [0.15, 0.2) is 23.4 Å². The van der Waals surface area contributed by atoms with Gasteiger partial charge in [-0.25, -0.2) is 0 Å². The first-order chi connectivity index (χ1) is 7.13. The summed E-state index contributed by atoms with van der Waals surface area (Å²) in [6, 6.07) is 4.44. The average molecular weight is 225 g/mol. The van der Waals surface area contributed by atoms with Crippen molar-refractivity contribution in [2.75, 3.05) is 5.32 Å². The van der Waals surface area contributed by atoms with Gasteiger partial charge in [0.05, 0.1) is 5.69 Å². The molecule has 1 aliphatic rings. The molecule has 1 aromatic rings. The maximum Gasteiger partial charge on any atom is 0.281 e. The number of halogens is 1. The molecule has 2 N–H and O–H groups in total. The number of benzene rings is 1. The molecule has 15 heavy (non-hydrogen) atoms. The summed E-state index contributed by atoms with van der Waals surface area (Å²) in [5.74, 6) is -1.36. The maximum atomic E-state index is 11.6. The Morgan fingerprint density at radius 1 is 1.33 bits per heavy atom. The van der Waals surface area contributed by atoms with Crippen LogP contribution in [0.3, 0.4) is 0 Å². The quantitative estimate of drug-likeness (QED) is 0.515. The van der Waals surface area contributed by atoms with Crippen LogP contribution in [0.25, 0.3) is 0 Å². The second kappa shape index (κ2) is 3.36. The molecule has 0 aromatic heterocycles. The number of fused-ring (bicyclic) bond motifs is 1. The maximum absolute atomic E-state index is 11.6. The van der Waals surface area contributed by atoms with E-state index in [9.17, 15) is 9.59 Å². The first-order valence-electron chi connectivity index (χ1n) is 4.01. The number of Topliss-reactive ketones (excluding diaryl/α,β-unsaturated/α-hetero) is 1. The van der Waals surface area contributed by atoms with Gasteiger partial charge in [0.2, 0.25) is 11.5 Å². The van der Waals surface area contributed by atoms with E-state index in [1.165, 1.54) is 18.2 Å². The highest BCUT2D eigenvalue weighted by atomic mass is 35.5. The van der Waals surface area contributed by atoms with Gasteiger partial charge < -0.3 is 10.5 Å². The highest BCUT2D eigenvalue weighted by Crippen LogP contribution is 2.24. The highest BCUT2D eigenvalue weighted by molar-refractivity contribution is 6.72. The lowest BCUT2D eigenvalue weighted by atomic mass is 10.0. The van der Waals surface area contributed by atoms with Crippen LogP contribution in [-0.4, -0.2) is 22.6 Å². The molecule has 5 nitrogen and oxygen atoms in total. The number of carbonyl (C=O) groups is 2. The van der Waals surface area contributed by atoms with Crippen LogP contribution in [0.5, 0.6) is 0 Å². The molecule has 1 aliphatic heterocycles. The molecule has 1 amide bonds. The number of hydrogen-bond donors (Lipinski definition) is 2. The fourth-order valence-electron chi connectivity index (χ4n) is 1.32. The largest absolute Gasteiger partial charge is 0.410 e. The van der Waals surface area contributed by atoms with Crippen molar-refractivity contribution < 1.29 is 14.8 Å². The third kappa shape index (κ3) is 1.46. The Labute approximate surface area is 89.3 Å². The van der Waals surface area contributed by atoms with Gasteiger partial charge in [-0.15, -0.1) is 0 Å². The predicted octanol–water partition coefficient (Wildman–Crippen LogP) is 1.30. The molecule has 76 valence electrons. The molecule has 0 saturated heterocycles. The molecule has 1 aromatic carbocycles. The number of carbonyl (C=O) groups excluding carboxylic acids is 2. The van der Waals surface area contributed by atoms with Gasteiger partial charge in [-0.2, -0.15) is 0 Å². The Balaban J connectivity index is 2.60. The Hall–Kier alpha value is -1.88. The minimum Gasteiger partial charge on any atom is -0.410 e. The van der Waals surface area contributed by atoms with Crippen molar-refractivity contribution in [1.29, 1.82) is 0 Å². The molecular formula is C9H5ClN2O3. The van der Waals surface area contributed by atoms with E-state index in [4.69, 9.17) is 16.8 Å². The minimum absolute atomic E-state index is 0.256. The van der Waals surface area contributed by atoms with E-state index >= 15 is 0 Å². The van der Waals surface area contributed by atoms with Crippen molar-refractivity contribution in [3.05, 3.63) is 28.8 Å². The Kier molecular flexibility index (Phi) is 2.17. The number of anilines is 1. The van der Waals surface area contributed by atoms with Gasteiger partial charge in [0.15, 0.2) is 0 Å². The Bertz CT molecular complexity index is 496. The third-order valence-corrected chi connectivity index (χ3v) is 2.24. The summed E-state index contributed by atoms with van der Waals surface area (Å²) in [5, 5.41) is 14.0. The SMILES string of the molecule is O=C1Nc2cc(Cl)ccc2C(=O)/C1=N/O. The number of hydrogen-bond acceptors (Lipinski definition) is 4. The zero-order chi connectivity index (χ0) is 11.0. The van der Waals surface area contributed by atoms with Crippen molar-refractivity contribution in [3.8, 4) is 0 Å². The van der Waals surface area contributed by atoms with Crippen molar-refractivity contribution in [3.63, 3.8) is 0 Å². The predicted molar refractivity (Wildman–Crippen MR) is 53.6 cm³/mol. The standard InChI is InChI=1S/C9H5ClN2O3/c10-4-1-2-5-6(3-4)11-9(14)7(12-15)8(5)13/h1-3,15H,(H,11,14)/b12-7-. The van der Waals surface area contributed by atoms with Gasteiger partial charge in [0.1, 0.15) is 0 Å². The van der Waals surface area contributed by atoms with E-state index in [-0.39, 0.29) is 5.56 Å². The second-order valence-corrected chi connectivity index (χ2v) is 3.36. The fourth-order valence-corrected chi connectivity index (χ4v) is 1.49. The zero-order valence-electron chi connectivity index (χ0n) is 7.32. The second-order valence-electron chi connectivity index (χ2n) is 2.92. The molecule has 1 heterocycles. The number of ketones is 1. The number of oxime groups is 1. The topological polar surface area (TPSA) is 78.8 Å². The smallest absolute Gasteiger partial charge is 0.281 e. The van der Waals surface area contributed by atoms with Crippen LogP contribution in [0.1, 0.15) is 10.4 Å². The lowest BCUT2D eigenvalue weighted by Gasteiger charge is -2.15. The molecule has 0 fully saturated rings. The van der Waals surface area contributed by atoms with Crippen LogP contribution in [-0.2, 0) is 4.79 Å². The van der Waals surface area contributed by atoms with Gasteiger partial charge in [-0.1, -0.05) is 16.8 Å². The molecule has 0 spiro atoms. The summed E-state index contributed by atoms with van der Waals surface area (Å²) in [6.45, 7) is 0. The fraction of sp³-hybridized carbons (Fsp3) is 0. The van der Waals surface area contributed by atoms with Gasteiger partial charge in [-0.05, 0) is 18.2 Å². The molecule has 0 saturated carbocycles. The molecule has 2 rings (SSSR count). The molecule has 0 bridgehead atoms. The van der Waals surface area contributed by atoms with Gasteiger partial charge in [0.25, 0.3) is 5.91 Å². The Morgan fingerprint density at radius 3 is 2.73 bits per heavy atom. The zero-order valence-corrected chi connectivity index (χ0v) is 8.08. The van der Waals surface area contributed by atoms with E-state index in [1.807, 2.05) is 0 Å². The van der Waals surface area contributed by atoms with Gasteiger partial charge in [-0.3, -0.25) is 9.59 Å². The van der Waals surface area contributed by atoms with Crippen molar-refractivity contribution in [2.45, 2.75) is 0 Å². The van der Waals surface area contributed by atoms with E-state index in [1.54, 1.807) is 0 Å². The highest BCUT2D eigenvalue weighted by Gasteiger charge is 2.30. The van der Waals surface area contributed by atoms with Crippen molar-refractivity contribution in [1.82, 2.24) is 0 Å². The molecule has 0 radical (unpaired) electrons. The first kappa shape index (κ1) is 9.67. The van der Waals surface area contributed by atoms with Crippen molar-refractivity contribution >= 4 is 34.7 Å². The summed E-state index contributed by atoms with van der Waals surface area (Å²) in [7, 11) is 0. The number of rotatable bonds is 0. The van der Waals surface area contributed by atoms with Gasteiger partial charge in [0, 0.05) is 10.6 Å². The first-order valence-corrected chi connectivity index (χ1v) is 4.39. The average Bonchev–Trinajstić information content (AvgIpc) is 2.17. The van der Waals surface area contributed by atoms with Crippen molar-refractivity contribution in [2.24, 2.45) is 5.16 Å². The number of amides is 1. The molecule has 0 aliphatic carbocycles. The summed E-state index contributed by atoms with van der Waals surface area (Å²) in [6.07, 6.45) is 0. The lowest BCUT2D eigenvalue weighted by Crippen LogP contribution is -2.35. The molecule has 6 heteroatoms. The van der Waals surface area contributed by atoms with E-state index in [0.717, 1.165) is 0 Å². The number of nitrogens with one attached hydrogen (secondary N) is 1. The number of nitrogens with zero attached hydrogens (tertiary/aromatic N) is 1. The van der Waals surface area contributed by atoms with Gasteiger partial charge >= 0.3 is 0 Å². The summed E-state index contributed by atoms with van der Waals surface area (Å²) in [4.78, 5) is 22.8. The molecular weight excluding hydrogens is 220 g/mol. The minimum atomic E-state index is -0.739. The van der Waals surface area contributed by atoms with Crippen LogP contribution in [0.2, 0.25) is 5.02 Å². The van der Waals surface area contributed by atoms with Crippen LogP contribution < -0.4 is 5.32 Å². The van der Waals surface area contributed by atoms with Crippen LogP contribution in [0.4, 0.5) is 5.69 Å². The summed E-state index contributed by atoms with van der Waals surface area (Å²) < 4.78 is 0. The van der Waals surface area contributed by atoms with Crippen LogP contribution in [0, 0.1) is 0 Å². The Morgan fingerprint density at radius 2 is 2.07 bits per heavy atom. The van der Waals surface area contributed by atoms with E-state index < -0.39 is 17.4 Å². The van der Waals surface area contributed by atoms with E-state index in [2.05, 4.69) is 10.5 Å². The van der Waals surface area contributed by atoms with Crippen LogP contribution >= 0.6 is 11.6 Å². The third-order valence-electron chi connectivity index (χ3n) is 2.00. The van der Waals surface area contributed by atoms with E-state index in [0.29, 0.717) is 10.7 Å². The normalized spacial score (nSPS) is 17.5. The monoisotopic (exact) mass is 224 g/mol. The summed E-state index contributed by atoms with van der Waals surface area (Å²) in [5.41, 5.74) is 0.0570.